The third-order valence-electron chi connectivity index (χ3n) is 7.81. The first kappa shape index (κ1) is 27.2. The van der Waals surface area contributed by atoms with Crippen molar-refractivity contribution in [1.82, 2.24) is 4.57 Å². The van der Waals surface area contributed by atoms with Crippen molar-refractivity contribution in [3.63, 3.8) is 0 Å². The van der Waals surface area contributed by atoms with E-state index in [0.29, 0.717) is 6.04 Å². The SMILES string of the molecule is CCCCCCCCCCCC[n+]1ccn(C(CC)C(C)(Cc2ccccc2)c2ccccc2)c1. The molecule has 0 fully saturated rings. The molecular weight excluding hydrogens is 424 g/mol. The summed E-state index contributed by atoms with van der Waals surface area (Å²) in [5.41, 5.74) is 2.85. The highest BCUT2D eigenvalue weighted by Gasteiger charge is 2.39. The van der Waals surface area contributed by atoms with Gasteiger partial charge in [0.1, 0.15) is 18.4 Å². The molecule has 0 saturated heterocycles. The molecule has 2 unspecified atom stereocenters. The van der Waals surface area contributed by atoms with Gasteiger partial charge in [-0.15, -0.1) is 0 Å². The largest absolute Gasteiger partial charge is 0.244 e. The first-order valence-electron chi connectivity index (χ1n) is 14.3. The molecule has 2 heteroatoms. The smallest absolute Gasteiger partial charge is 0.237 e. The summed E-state index contributed by atoms with van der Waals surface area (Å²) >= 11 is 0. The Morgan fingerprint density at radius 3 is 1.91 bits per heavy atom. The summed E-state index contributed by atoms with van der Waals surface area (Å²) in [5, 5.41) is 0. The molecule has 2 atom stereocenters. The molecule has 0 spiro atoms. The van der Waals surface area contributed by atoms with Gasteiger partial charge < -0.3 is 0 Å². The van der Waals surface area contributed by atoms with Crippen molar-refractivity contribution in [3.05, 3.63) is 90.5 Å². The molecule has 1 aromatic heterocycles. The summed E-state index contributed by atoms with van der Waals surface area (Å²) < 4.78 is 4.88. The number of unbranched alkanes of at least 4 members (excludes halogenated alkanes) is 9. The normalized spacial score (nSPS) is 14.0. The molecule has 3 aromatic rings. The molecule has 0 bridgehead atoms. The van der Waals surface area contributed by atoms with Crippen LogP contribution >= 0.6 is 0 Å². The van der Waals surface area contributed by atoms with E-state index in [9.17, 15) is 0 Å². The predicted molar refractivity (Wildman–Crippen MR) is 150 cm³/mol. The number of aryl methyl sites for hydroxylation is 1. The Balaban J connectivity index is 1.57. The van der Waals surface area contributed by atoms with Gasteiger partial charge >= 0.3 is 0 Å². The highest BCUT2D eigenvalue weighted by atomic mass is 15.1. The van der Waals surface area contributed by atoms with Crippen LogP contribution in [0.5, 0.6) is 0 Å². The van der Waals surface area contributed by atoms with Crippen molar-refractivity contribution in [2.45, 2.75) is 116 Å². The fraction of sp³-hybridized carbons (Fsp3) is 0.545. The van der Waals surface area contributed by atoms with Crippen molar-refractivity contribution < 1.29 is 4.57 Å². The first-order chi connectivity index (χ1) is 17.2. The number of benzene rings is 2. The van der Waals surface area contributed by atoms with Gasteiger partial charge in [-0.25, -0.2) is 9.13 Å². The van der Waals surface area contributed by atoms with Crippen molar-refractivity contribution >= 4 is 0 Å². The van der Waals surface area contributed by atoms with E-state index in [2.05, 4.69) is 109 Å². The van der Waals surface area contributed by atoms with E-state index in [-0.39, 0.29) is 5.41 Å². The van der Waals surface area contributed by atoms with Crippen LogP contribution in [0.4, 0.5) is 0 Å². The highest BCUT2D eigenvalue weighted by molar-refractivity contribution is 5.30. The Morgan fingerprint density at radius 2 is 1.31 bits per heavy atom. The van der Waals surface area contributed by atoms with E-state index in [1.165, 1.54) is 75.3 Å². The van der Waals surface area contributed by atoms with Gasteiger partial charge in [-0.1, -0.05) is 133 Å². The van der Waals surface area contributed by atoms with Gasteiger partial charge in [0.05, 0.1) is 6.54 Å². The molecule has 0 amide bonds. The predicted octanol–water partition coefficient (Wildman–Crippen LogP) is 8.85. The van der Waals surface area contributed by atoms with E-state index >= 15 is 0 Å². The van der Waals surface area contributed by atoms with Gasteiger partial charge in [0.2, 0.25) is 6.33 Å². The van der Waals surface area contributed by atoms with Crippen LogP contribution in [0.15, 0.2) is 79.4 Å². The van der Waals surface area contributed by atoms with E-state index < -0.39 is 0 Å². The first-order valence-corrected chi connectivity index (χ1v) is 14.3. The third-order valence-corrected chi connectivity index (χ3v) is 7.81. The van der Waals surface area contributed by atoms with Crippen LogP contribution < -0.4 is 4.57 Å². The lowest BCUT2D eigenvalue weighted by molar-refractivity contribution is -0.697. The van der Waals surface area contributed by atoms with Crippen LogP contribution in [-0.2, 0) is 18.4 Å². The summed E-state index contributed by atoms with van der Waals surface area (Å²) in [6, 6.07) is 22.5. The molecule has 0 aliphatic heterocycles. The quantitative estimate of drug-likeness (QED) is 0.137. The second kappa shape index (κ2) is 14.9. The fourth-order valence-corrected chi connectivity index (χ4v) is 5.75. The van der Waals surface area contributed by atoms with Gasteiger partial charge in [-0.2, -0.15) is 0 Å². The molecule has 0 N–H and O–H groups in total. The Bertz CT molecular complexity index is 930. The molecule has 0 aliphatic carbocycles. The van der Waals surface area contributed by atoms with Crippen LogP contribution in [0.1, 0.15) is 109 Å². The average molecular weight is 474 g/mol. The van der Waals surface area contributed by atoms with Crippen molar-refractivity contribution in [2.24, 2.45) is 0 Å². The summed E-state index contributed by atoms with van der Waals surface area (Å²) in [4.78, 5) is 0. The number of nitrogens with zero attached hydrogens (tertiary/aromatic N) is 2. The van der Waals surface area contributed by atoms with Crippen LogP contribution in [0.3, 0.4) is 0 Å². The maximum absolute atomic E-state index is 2.48. The molecule has 35 heavy (non-hydrogen) atoms. The van der Waals surface area contributed by atoms with Gasteiger partial charge in [0.25, 0.3) is 0 Å². The zero-order valence-corrected chi connectivity index (χ0v) is 22.7. The molecule has 0 aliphatic rings. The van der Waals surface area contributed by atoms with Crippen LogP contribution in [0.2, 0.25) is 0 Å². The number of imidazole rings is 1. The minimum Gasteiger partial charge on any atom is -0.237 e. The van der Waals surface area contributed by atoms with Gasteiger partial charge in [0.15, 0.2) is 0 Å². The molecule has 0 radical (unpaired) electrons. The van der Waals surface area contributed by atoms with Gasteiger partial charge in [-0.3, -0.25) is 0 Å². The van der Waals surface area contributed by atoms with E-state index in [1.807, 2.05) is 0 Å². The second-order valence-corrected chi connectivity index (χ2v) is 10.7. The molecule has 2 aromatic carbocycles. The molecule has 1 heterocycles. The van der Waals surface area contributed by atoms with E-state index in [0.717, 1.165) is 19.4 Å². The topological polar surface area (TPSA) is 8.81 Å². The van der Waals surface area contributed by atoms with E-state index in [1.54, 1.807) is 0 Å². The summed E-state index contributed by atoms with van der Waals surface area (Å²) in [5.74, 6) is 0. The molecule has 2 nitrogen and oxygen atoms in total. The molecule has 0 saturated carbocycles. The van der Waals surface area contributed by atoms with Crippen LogP contribution in [-0.4, -0.2) is 4.57 Å². The number of rotatable bonds is 17. The third kappa shape index (κ3) is 8.37. The minimum atomic E-state index is 0.0192. The maximum atomic E-state index is 2.48. The Labute approximate surface area is 215 Å². The standard InChI is InChI=1S/C33H49N2/c1-4-6-7-8-9-10-11-12-13-20-25-34-26-27-35(29-34)32(5-2)33(3,31-23-18-15-19-24-31)28-30-21-16-14-17-22-30/h14-19,21-24,26-27,29,32H,4-13,20,25,28H2,1-3H3/q+1. The zero-order valence-electron chi connectivity index (χ0n) is 22.7. The summed E-state index contributed by atoms with van der Waals surface area (Å²) in [6.45, 7) is 8.21. The Hall–Kier alpha value is -2.35. The average Bonchev–Trinajstić information content (AvgIpc) is 3.35. The zero-order chi connectivity index (χ0) is 24.8. The molecule has 190 valence electrons. The van der Waals surface area contributed by atoms with Crippen molar-refractivity contribution in [3.8, 4) is 0 Å². The summed E-state index contributed by atoms with van der Waals surface area (Å²) in [7, 11) is 0. The van der Waals surface area contributed by atoms with Gasteiger partial charge in [-0.05, 0) is 36.8 Å². The lowest BCUT2D eigenvalue weighted by Gasteiger charge is -2.36. The maximum Gasteiger partial charge on any atom is 0.244 e. The highest BCUT2D eigenvalue weighted by Crippen LogP contribution is 2.40. The lowest BCUT2D eigenvalue weighted by Crippen LogP contribution is -2.37. The van der Waals surface area contributed by atoms with Crippen LogP contribution in [0, 0.1) is 0 Å². The minimum absolute atomic E-state index is 0.0192. The number of hydrogen-bond acceptors (Lipinski definition) is 0. The van der Waals surface area contributed by atoms with Crippen molar-refractivity contribution in [1.29, 1.82) is 0 Å². The number of hydrogen-bond donors (Lipinski definition) is 0. The van der Waals surface area contributed by atoms with Crippen LogP contribution in [0.25, 0.3) is 0 Å². The van der Waals surface area contributed by atoms with E-state index in [4.69, 9.17) is 0 Å². The lowest BCUT2D eigenvalue weighted by atomic mass is 9.70. The molecular formula is C33H49N2+. The van der Waals surface area contributed by atoms with Crippen molar-refractivity contribution in [2.75, 3.05) is 0 Å². The monoisotopic (exact) mass is 473 g/mol. The number of aromatic nitrogens is 2. The second-order valence-electron chi connectivity index (χ2n) is 10.7. The fourth-order valence-electron chi connectivity index (χ4n) is 5.75. The molecule has 3 rings (SSSR count). The summed E-state index contributed by atoms with van der Waals surface area (Å²) in [6.07, 6.45) is 23.0. The Morgan fingerprint density at radius 1 is 0.743 bits per heavy atom. The van der Waals surface area contributed by atoms with Gasteiger partial charge in [0, 0.05) is 5.41 Å². The Kier molecular flexibility index (Phi) is 11.6.